The van der Waals surface area contributed by atoms with Gasteiger partial charge in [0.25, 0.3) is 0 Å². The molecule has 25 heavy (non-hydrogen) atoms. The summed E-state index contributed by atoms with van der Waals surface area (Å²) in [5, 5.41) is 0. The summed E-state index contributed by atoms with van der Waals surface area (Å²) in [7, 11) is -9.10. The molecule has 0 heterocycles. The van der Waals surface area contributed by atoms with Crippen molar-refractivity contribution in [2.45, 2.75) is 19.8 Å². The van der Waals surface area contributed by atoms with Crippen LogP contribution in [0.25, 0.3) is 0 Å². The van der Waals surface area contributed by atoms with Crippen molar-refractivity contribution >= 4 is 15.6 Å². The summed E-state index contributed by atoms with van der Waals surface area (Å²) >= 11 is 0. The van der Waals surface area contributed by atoms with E-state index in [0.717, 1.165) is 6.42 Å². The van der Waals surface area contributed by atoms with Crippen molar-refractivity contribution in [2.24, 2.45) is 0 Å². The third-order valence-electron chi connectivity index (χ3n) is 2.88. The molecule has 9 heteroatoms. The molecule has 0 spiro atoms. The van der Waals surface area contributed by atoms with E-state index in [0.29, 0.717) is 6.42 Å². The van der Waals surface area contributed by atoms with Crippen LogP contribution in [0.5, 0.6) is 11.5 Å². The summed E-state index contributed by atoms with van der Waals surface area (Å²) in [6.07, 6.45) is 1.32. The van der Waals surface area contributed by atoms with Gasteiger partial charge in [-0.25, -0.2) is 9.13 Å². The quantitative estimate of drug-likeness (QED) is 0.444. The van der Waals surface area contributed by atoms with Crippen molar-refractivity contribution in [1.29, 1.82) is 0 Å². The van der Waals surface area contributed by atoms with Gasteiger partial charge in [-0.2, -0.15) is 4.31 Å². The number of benzene rings is 2. The lowest BCUT2D eigenvalue weighted by atomic mass is 10.3. The molecule has 0 aliphatic carbocycles. The summed E-state index contributed by atoms with van der Waals surface area (Å²) in [5.74, 6) is 0.325. The summed E-state index contributed by atoms with van der Waals surface area (Å²) in [6, 6.07) is 16.2. The van der Waals surface area contributed by atoms with Crippen LogP contribution < -0.4 is 9.05 Å². The maximum Gasteiger partial charge on any atom is 0.596 e. The molecule has 7 nitrogen and oxygen atoms in total. The largest absolute Gasteiger partial charge is 0.596 e. The Kier molecular flexibility index (Phi) is 7.24. The standard InChI is InChI=1S/C16H20O7P2/c1-2-3-14-20-24(17,18)23-25(19,21-15-10-6-4-7-11-15)22-16-12-8-5-9-13-16/h4-13H,2-3,14H2,1H3,(H,17,18). The maximum absolute atomic E-state index is 12.9. The first-order chi connectivity index (χ1) is 11.9. The Balaban J connectivity index is 2.19. The average molecular weight is 386 g/mol. The first-order valence-corrected chi connectivity index (χ1v) is 10.7. The van der Waals surface area contributed by atoms with Crippen molar-refractivity contribution in [1.82, 2.24) is 0 Å². The number of hydrogen-bond acceptors (Lipinski definition) is 6. The number of rotatable bonds is 10. The molecule has 0 aliphatic heterocycles. The van der Waals surface area contributed by atoms with Gasteiger partial charge in [-0.3, -0.25) is 4.52 Å². The van der Waals surface area contributed by atoms with Gasteiger partial charge in [-0.05, 0) is 30.7 Å². The Morgan fingerprint density at radius 2 is 1.36 bits per heavy atom. The average Bonchev–Trinajstić information content (AvgIpc) is 2.55. The van der Waals surface area contributed by atoms with Crippen LogP contribution >= 0.6 is 15.6 Å². The van der Waals surface area contributed by atoms with Crippen molar-refractivity contribution in [3.8, 4) is 11.5 Å². The lowest BCUT2D eigenvalue weighted by Crippen LogP contribution is -2.06. The van der Waals surface area contributed by atoms with Crippen LogP contribution in [-0.4, -0.2) is 11.5 Å². The minimum atomic E-state index is -4.63. The van der Waals surface area contributed by atoms with Crippen LogP contribution in [0, 0.1) is 0 Å². The van der Waals surface area contributed by atoms with E-state index in [4.69, 9.17) is 17.9 Å². The molecule has 0 radical (unpaired) electrons. The van der Waals surface area contributed by atoms with E-state index in [9.17, 15) is 14.0 Å². The van der Waals surface area contributed by atoms with Crippen LogP contribution in [0.2, 0.25) is 0 Å². The Labute approximate surface area is 146 Å². The molecule has 0 bridgehead atoms. The molecule has 2 aromatic rings. The number of unbranched alkanes of at least 4 members (excludes halogenated alkanes) is 1. The molecule has 0 aliphatic rings. The smallest absolute Gasteiger partial charge is 0.395 e. The molecule has 0 aromatic heterocycles. The second-order valence-electron chi connectivity index (χ2n) is 4.99. The zero-order valence-corrected chi connectivity index (χ0v) is 15.5. The topological polar surface area (TPSA) is 91.3 Å². The Hall–Kier alpha value is -1.62. The fourth-order valence-electron chi connectivity index (χ4n) is 1.75. The zero-order chi connectivity index (χ0) is 18.2. The van der Waals surface area contributed by atoms with E-state index in [1.807, 2.05) is 6.92 Å². The molecule has 1 N–H and O–H groups in total. The van der Waals surface area contributed by atoms with E-state index >= 15 is 0 Å². The molecule has 0 amide bonds. The van der Waals surface area contributed by atoms with Gasteiger partial charge in [-0.1, -0.05) is 49.7 Å². The second kappa shape index (κ2) is 9.18. The maximum atomic E-state index is 12.9. The normalized spacial score (nSPS) is 13.8. The van der Waals surface area contributed by atoms with E-state index < -0.39 is 15.6 Å². The number of hydrogen-bond donors (Lipinski definition) is 1. The predicted octanol–water partition coefficient (Wildman–Crippen LogP) is 5.19. The van der Waals surface area contributed by atoms with E-state index in [-0.39, 0.29) is 18.1 Å². The third kappa shape index (κ3) is 7.02. The summed E-state index contributed by atoms with van der Waals surface area (Å²) < 4.78 is 45.1. The molecule has 0 saturated heterocycles. The highest BCUT2D eigenvalue weighted by Gasteiger charge is 2.41. The highest BCUT2D eigenvalue weighted by atomic mass is 31.3. The number of phosphoric ester groups is 2. The summed E-state index contributed by atoms with van der Waals surface area (Å²) in [4.78, 5) is 9.81. The summed E-state index contributed by atoms with van der Waals surface area (Å²) in [6.45, 7) is 1.88. The molecule has 1 unspecified atom stereocenters. The van der Waals surface area contributed by atoms with Gasteiger partial charge in [0.1, 0.15) is 11.5 Å². The molecular weight excluding hydrogens is 366 g/mol. The Morgan fingerprint density at radius 3 is 1.80 bits per heavy atom. The zero-order valence-electron chi connectivity index (χ0n) is 13.7. The van der Waals surface area contributed by atoms with Gasteiger partial charge in [0.15, 0.2) is 0 Å². The van der Waals surface area contributed by atoms with Crippen LogP contribution in [0.4, 0.5) is 0 Å². The van der Waals surface area contributed by atoms with Gasteiger partial charge in [0.2, 0.25) is 0 Å². The lowest BCUT2D eigenvalue weighted by Gasteiger charge is -2.20. The van der Waals surface area contributed by atoms with Crippen molar-refractivity contribution in [3.63, 3.8) is 0 Å². The second-order valence-corrected chi connectivity index (χ2v) is 8.10. The molecule has 1 atom stereocenters. The molecule has 0 fully saturated rings. The molecule has 0 saturated carbocycles. The number of para-hydroxylation sites is 2. The van der Waals surface area contributed by atoms with Gasteiger partial charge in [-0.15, -0.1) is 0 Å². The monoisotopic (exact) mass is 386 g/mol. The van der Waals surface area contributed by atoms with Gasteiger partial charge < -0.3 is 13.9 Å². The SMILES string of the molecule is CCCCOP(=O)(O)OP(=O)(Oc1ccccc1)Oc1ccccc1. The fourth-order valence-corrected chi connectivity index (χ4v) is 4.37. The van der Waals surface area contributed by atoms with E-state index in [1.54, 1.807) is 36.4 Å². The molecular formula is C16H20O7P2. The lowest BCUT2D eigenvalue weighted by molar-refractivity contribution is 0.181. The first-order valence-electron chi connectivity index (χ1n) is 7.70. The van der Waals surface area contributed by atoms with Gasteiger partial charge in [0.05, 0.1) is 6.61 Å². The van der Waals surface area contributed by atoms with Crippen LogP contribution in [0.1, 0.15) is 19.8 Å². The third-order valence-corrected chi connectivity index (χ3v) is 5.88. The minimum Gasteiger partial charge on any atom is -0.395 e. The molecule has 136 valence electrons. The number of phosphoric acid groups is 2. The van der Waals surface area contributed by atoms with Crippen LogP contribution in [0.15, 0.2) is 60.7 Å². The Morgan fingerprint density at radius 1 is 0.880 bits per heavy atom. The highest BCUT2D eigenvalue weighted by molar-refractivity contribution is 7.62. The first kappa shape index (κ1) is 19.7. The molecule has 2 aromatic carbocycles. The summed E-state index contributed by atoms with van der Waals surface area (Å²) in [5.41, 5.74) is 0. The van der Waals surface area contributed by atoms with Gasteiger partial charge in [0, 0.05) is 0 Å². The minimum absolute atomic E-state index is 0.0129. The van der Waals surface area contributed by atoms with Gasteiger partial charge >= 0.3 is 15.6 Å². The predicted molar refractivity (Wildman–Crippen MR) is 93.5 cm³/mol. The van der Waals surface area contributed by atoms with Crippen molar-refractivity contribution in [2.75, 3.05) is 6.61 Å². The highest BCUT2D eigenvalue weighted by Crippen LogP contribution is 2.62. The van der Waals surface area contributed by atoms with Crippen LogP contribution in [0.3, 0.4) is 0 Å². The van der Waals surface area contributed by atoms with Crippen LogP contribution in [-0.2, 0) is 18.0 Å². The van der Waals surface area contributed by atoms with E-state index in [2.05, 4.69) is 0 Å². The van der Waals surface area contributed by atoms with E-state index in [1.165, 1.54) is 24.3 Å². The van der Waals surface area contributed by atoms with Crippen molar-refractivity contribution in [3.05, 3.63) is 60.7 Å². The Bertz CT molecular complexity index is 691. The van der Waals surface area contributed by atoms with Crippen molar-refractivity contribution < 1.29 is 31.9 Å². The fraction of sp³-hybridized carbons (Fsp3) is 0.250. The molecule has 2 rings (SSSR count).